The number of carbonyl (C=O) groups excluding carboxylic acids is 1. The van der Waals surface area contributed by atoms with Gasteiger partial charge in [0.05, 0.1) is 0 Å². The zero-order chi connectivity index (χ0) is 18.5. The first-order chi connectivity index (χ1) is 12.1. The van der Waals surface area contributed by atoms with Crippen LogP contribution in [0.15, 0.2) is 30.3 Å². The summed E-state index contributed by atoms with van der Waals surface area (Å²) in [7, 11) is 0. The van der Waals surface area contributed by atoms with E-state index < -0.39 is 6.09 Å². The lowest BCUT2D eigenvalue weighted by Gasteiger charge is -2.21. The summed E-state index contributed by atoms with van der Waals surface area (Å²) in [5.74, 6) is -0.167. The lowest BCUT2D eigenvalue weighted by Crippen LogP contribution is -2.40. The number of nitrogens with two attached hydrogens (primary N) is 2. The monoisotopic (exact) mass is 351 g/mol. The van der Waals surface area contributed by atoms with Crippen molar-refractivity contribution in [3.63, 3.8) is 0 Å². The molecule has 0 saturated heterocycles. The molecule has 140 valence electrons. The van der Waals surface area contributed by atoms with Crippen molar-refractivity contribution in [1.29, 1.82) is 0 Å². The van der Waals surface area contributed by atoms with Crippen molar-refractivity contribution in [3.8, 4) is 0 Å². The van der Waals surface area contributed by atoms with Crippen LogP contribution in [0.5, 0.6) is 0 Å². The summed E-state index contributed by atoms with van der Waals surface area (Å²) in [6.45, 7) is 4.14. The fourth-order valence-corrected chi connectivity index (χ4v) is 2.43. The summed E-state index contributed by atoms with van der Waals surface area (Å²) in [5, 5.41) is 12.1. The van der Waals surface area contributed by atoms with Gasteiger partial charge in [0.1, 0.15) is 0 Å². The molecule has 1 rings (SSSR count). The van der Waals surface area contributed by atoms with Crippen molar-refractivity contribution in [2.75, 3.05) is 45.8 Å². The summed E-state index contributed by atoms with van der Waals surface area (Å²) in [6, 6.07) is 9.31. The van der Waals surface area contributed by atoms with Crippen LogP contribution in [0.1, 0.15) is 12.0 Å². The first kappa shape index (κ1) is 20.9. The standard InChI is InChI=1S/C17H29N5O3/c18-7-11-21(12-8-19)13-9-20-16(23)6-10-22(17(24)25)14-15-4-2-1-3-5-15/h1-5H,6-14,18-19H2,(H,20,23)(H,24,25). The van der Waals surface area contributed by atoms with Gasteiger partial charge in [-0.3, -0.25) is 9.69 Å². The van der Waals surface area contributed by atoms with E-state index in [1.807, 2.05) is 30.3 Å². The average Bonchev–Trinajstić information content (AvgIpc) is 2.59. The summed E-state index contributed by atoms with van der Waals surface area (Å²) >= 11 is 0. The Kier molecular flexibility index (Phi) is 10.2. The Morgan fingerprint density at radius 1 is 1.00 bits per heavy atom. The number of carboxylic acid groups (broad SMARTS) is 1. The molecule has 0 aliphatic heterocycles. The summed E-state index contributed by atoms with van der Waals surface area (Å²) in [4.78, 5) is 26.6. The van der Waals surface area contributed by atoms with E-state index in [1.54, 1.807) is 0 Å². The van der Waals surface area contributed by atoms with Gasteiger partial charge in [-0.05, 0) is 5.56 Å². The lowest BCUT2D eigenvalue weighted by molar-refractivity contribution is -0.121. The van der Waals surface area contributed by atoms with E-state index in [2.05, 4.69) is 10.2 Å². The highest BCUT2D eigenvalue weighted by atomic mass is 16.4. The van der Waals surface area contributed by atoms with Crippen molar-refractivity contribution in [3.05, 3.63) is 35.9 Å². The van der Waals surface area contributed by atoms with E-state index in [4.69, 9.17) is 11.5 Å². The van der Waals surface area contributed by atoms with Gasteiger partial charge >= 0.3 is 6.09 Å². The summed E-state index contributed by atoms with van der Waals surface area (Å²) in [6.07, 6.45) is -0.902. The second-order valence-electron chi connectivity index (χ2n) is 5.71. The molecule has 0 radical (unpaired) electrons. The molecule has 2 amide bonds. The third-order valence-electron chi connectivity index (χ3n) is 3.74. The van der Waals surface area contributed by atoms with E-state index in [0.717, 1.165) is 18.7 Å². The van der Waals surface area contributed by atoms with Gasteiger partial charge in [0, 0.05) is 58.8 Å². The fourth-order valence-electron chi connectivity index (χ4n) is 2.43. The molecule has 25 heavy (non-hydrogen) atoms. The van der Waals surface area contributed by atoms with Gasteiger partial charge in [0.25, 0.3) is 0 Å². The van der Waals surface area contributed by atoms with Crippen LogP contribution in [0.25, 0.3) is 0 Å². The van der Waals surface area contributed by atoms with Gasteiger partial charge in [-0.15, -0.1) is 0 Å². The Bertz CT molecular complexity index is 506. The zero-order valence-corrected chi connectivity index (χ0v) is 14.6. The number of nitrogens with one attached hydrogen (secondary N) is 1. The average molecular weight is 351 g/mol. The molecular formula is C17H29N5O3. The molecule has 0 aromatic heterocycles. The number of hydrogen-bond acceptors (Lipinski definition) is 5. The molecule has 8 nitrogen and oxygen atoms in total. The molecule has 0 unspecified atom stereocenters. The maximum Gasteiger partial charge on any atom is 0.407 e. The van der Waals surface area contributed by atoms with E-state index in [9.17, 15) is 14.7 Å². The fraction of sp³-hybridized carbons (Fsp3) is 0.529. The third kappa shape index (κ3) is 9.04. The van der Waals surface area contributed by atoms with Crippen molar-refractivity contribution < 1.29 is 14.7 Å². The highest BCUT2D eigenvalue weighted by Crippen LogP contribution is 2.05. The first-order valence-electron chi connectivity index (χ1n) is 8.47. The van der Waals surface area contributed by atoms with Crippen LogP contribution < -0.4 is 16.8 Å². The van der Waals surface area contributed by atoms with Crippen LogP contribution in [0.2, 0.25) is 0 Å². The number of rotatable bonds is 12. The minimum atomic E-state index is -1.03. The molecule has 8 heteroatoms. The predicted molar refractivity (Wildman–Crippen MR) is 97.1 cm³/mol. The van der Waals surface area contributed by atoms with E-state index in [0.29, 0.717) is 26.2 Å². The lowest BCUT2D eigenvalue weighted by atomic mass is 10.2. The predicted octanol–water partition coefficient (Wildman–Crippen LogP) is -0.108. The highest BCUT2D eigenvalue weighted by molar-refractivity contribution is 5.76. The van der Waals surface area contributed by atoms with E-state index in [-0.39, 0.29) is 25.4 Å². The molecule has 0 fully saturated rings. The summed E-state index contributed by atoms with van der Waals surface area (Å²) < 4.78 is 0. The molecule has 1 aromatic rings. The molecule has 0 aliphatic carbocycles. The Balaban J connectivity index is 2.33. The number of hydrogen-bond donors (Lipinski definition) is 4. The van der Waals surface area contributed by atoms with Crippen LogP contribution in [0, 0.1) is 0 Å². The van der Waals surface area contributed by atoms with Gasteiger partial charge in [0.15, 0.2) is 0 Å². The largest absolute Gasteiger partial charge is 0.465 e. The first-order valence-corrected chi connectivity index (χ1v) is 8.47. The molecule has 1 aromatic carbocycles. The molecule has 0 heterocycles. The van der Waals surface area contributed by atoms with Crippen LogP contribution in [0.3, 0.4) is 0 Å². The van der Waals surface area contributed by atoms with Crippen molar-refractivity contribution in [2.24, 2.45) is 11.5 Å². The quantitative estimate of drug-likeness (QED) is 0.416. The van der Waals surface area contributed by atoms with E-state index >= 15 is 0 Å². The molecular weight excluding hydrogens is 322 g/mol. The van der Waals surface area contributed by atoms with Crippen LogP contribution in [-0.2, 0) is 11.3 Å². The zero-order valence-electron chi connectivity index (χ0n) is 14.6. The number of nitrogens with zero attached hydrogens (tertiary/aromatic N) is 2. The highest BCUT2D eigenvalue weighted by Gasteiger charge is 2.14. The smallest absolute Gasteiger partial charge is 0.407 e. The molecule has 0 aliphatic rings. The number of carbonyl (C=O) groups is 2. The van der Waals surface area contributed by atoms with Gasteiger partial charge in [-0.1, -0.05) is 30.3 Å². The topological polar surface area (TPSA) is 125 Å². The third-order valence-corrected chi connectivity index (χ3v) is 3.74. The maximum atomic E-state index is 11.9. The normalized spacial score (nSPS) is 10.7. The van der Waals surface area contributed by atoms with Gasteiger partial charge in [-0.25, -0.2) is 4.79 Å². The number of benzene rings is 1. The Labute approximate surface area is 148 Å². The van der Waals surface area contributed by atoms with Gasteiger partial charge in [-0.2, -0.15) is 0 Å². The SMILES string of the molecule is NCCN(CCN)CCNC(=O)CCN(Cc1ccccc1)C(=O)O. The molecule has 0 atom stereocenters. The second kappa shape index (κ2) is 12.2. The van der Waals surface area contributed by atoms with Crippen molar-refractivity contribution in [1.82, 2.24) is 15.1 Å². The van der Waals surface area contributed by atoms with Crippen LogP contribution in [0.4, 0.5) is 4.79 Å². The van der Waals surface area contributed by atoms with Gasteiger partial charge in [0.2, 0.25) is 5.91 Å². The molecule has 0 spiro atoms. The van der Waals surface area contributed by atoms with E-state index in [1.165, 1.54) is 4.90 Å². The Morgan fingerprint density at radius 2 is 1.64 bits per heavy atom. The maximum absolute atomic E-state index is 11.9. The minimum absolute atomic E-state index is 0.132. The van der Waals surface area contributed by atoms with Crippen molar-refractivity contribution in [2.45, 2.75) is 13.0 Å². The van der Waals surface area contributed by atoms with Crippen LogP contribution in [-0.4, -0.2) is 72.7 Å². The van der Waals surface area contributed by atoms with Crippen LogP contribution >= 0.6 is 0 Å². The molecule has 0 bridgehead atoms. The molecule has 0 saturated carbocycles. The van der Waals surface area contributed by atoms with Crippen molar-refractivity contribution >= 4 is 12.0 Å². The van der Waals surface area contributed by atoms with Gasteiger partial charge < -0.3 is 26.8 Å². The Hall–Kier alpha value is -2.16. The number of amides is 2. The minimum Gasteiger partial charge on any atom is -0.465 e. The second-order valence-corrected chi connectivity index (χ2v) is 5.71. The Morgan fingerprint density at radius 3 is 2.20 bits per heavy atom. The molecule has 6 N–H and O–H groups in total. The summed E-state index contributed by atoms with van der Waals surface area (Å²) in [5.41, 5.74) is 12.0.